The summed E-state index contributed by atoms with van der Waals surface area (Å²) in [5.41, 5.74) is 2.63. The molecule has 1 rings (SSSR count). The number of aromatic nitrogens is 1. The van der Waals surface area contributed by atoms with Gasteiger partial charge in [-0.1, -0.05) is 19.8 Å². The lowest BCUT2D eigenvalue weighted by molar-refractivity contribution is 0.541. The minimum Gasteiger partial charge on any atom is -0.310 e. The van der Waals surface area contributed by atoms with Gasteiger partial charge in [0.25, 0.3) is 0 Å². The molecule has 0 fully saturated rings. The maximum Gasteiger partial charge on any atom is 0.0318 e. The lowest BCUT2D eigenvalue weighted by Crippen LogP contribution is -2.20. The Balaban J connectivity index is 2.40. The maximum atomic E-state index is 4.17. The van der Waals surface area contributed by atoms with E-state index in [0.29, 0.717) is 6.04 Å². The predicted octanol–water partition coefficient (Wildman–Crippen LogP) is 3.23. The van der Waals surface area contributed by atoms with Gasteiger partial charge in [-0.2, -0.15) is 0 Å². The van der Waals surface area contributed by atoms with E-state index in [1.165, 1.54) is 30.4 Å². The van der Waals surface area contributed by atoms with Gasteiger partial charge < -0.3 is 5.32 Å². The van der Waals surface area contributed by atoms with Crippen LogP contribution in [0.4, 0.5) is 0 Å². The third kappa shape index (κ3) is 4.00. The Hall–Kier alpha value is -0.890. The SMILES string of the molecule is CCCCCNC(C)c1cnccc1C. The fourth-order valence-corrected chi connectivity index (χ4v) is 1.73. The summed E-state index contributed by atoms with van der Waals surface area (Å²) >= 11 is 0. The third-order valence-corrected chi connectivity index (χ3v) is 2.78. The van der Waals surface area contributed by atoms with E-state index < -0.39 is 0 Å². The third-order valence-electron chi connectivity index (χ3n) is 2.78. The molecule has 0 aliphatic carbocycles. The van der Waals surface area contributed by atoms with Crippen LogP contribution in [-0.4, -0.2) is 11.5 Å². The Morgan fingerprint density at radius 2 is 2.20 bits per heavy atom. The van der Waals surface area contributed by atoms with Gasteiger partial charge in [0, 0.05) is 18.4 Å². The zero-order valence-electron chi connectivity index (χ0n) is 10.1. The highest BCUT2D eigenvalue weighted by molar-refractivity contribution is 5.24. The zero-order valence-corrected chi connectivity index (χ0v) is 10.1. The first-order valence-electron chi connectivity index (χ1n) is 5.89. The van der Waals surface area contributed by atoms with Crippen LogP contribution >= 0.6 is 0 Å². The van der Waals surface area contributed by atoms with Gasteiger partial charge in [0.05, 0.1) is 0 Å². The molecule has 0 bridgehead atoms. The van der Waals surface area contributed by atoms with Crippen LogP contribution in [0.3, 0.4) is 0 Å². The number of hydrogen-bond acceptors (Lipinski definition) is 2. The number of nitrogens with zero attached hydrogens (tertiary/aromatic N) is 1. The molecule has 0 saturated heterocycles. The number of pyridine rings is 1. The smallest absolute Gasteiger partial charge is 0.0318 e. The largest absolute Gasteiger partial charge is 0.310 e. The van der Waals surface area contributed by atoms with Gasteiger partial charge in [0.2, 0.25) is 0 Å². The fourth-order valence-electron chi connectivity index (χ4n) is 1.73. The molecule has 1 aromatic heterocycles. The average Bonchev–Trinajstić information content (AvgIpc) is 2.25. The molecule has 0 radical (unpaired) electrons. The second-order valence-corrected chi connectivity index (χ2v) is 4.12. The zero-order chi connectivity index (χ0) is 11.1. The van der Waals surface area contributed by atoms with Crippen molar-refractivity contribution in [1.29, 1.82) is 0 Å². The molecule has 2 nitrogen and oxygen atoms in total. The number of unbranched alkanes of at least 4 members (excludes halogenated alkanes) is 2. The van der Waals surface area contributed by atoms with E-state index in [-0.39, 0.29) is 0 Å². The van der Waals surface area contributed by atoms with Crippen molar-refractivity contribution >= 4 is 0 Å². The van der Waals surface area contributed by atoms with Gasteiger partial charge in [0.1, 0.15) is 0 Å². The summed E-state index contributed by atoms with van der Waals surface area (Å²) < 4.78 is 0. The fraction of sp³-hybridized carbons (Fsp3) is 0.615. The Bertz CT molecular complexity index is 284. The summed E-state index contributed by atoms with van der Waals surface area (Å²) in [6.45, 7) is 7.68. The molecule has 1 heterocycles. The van der Waals surface area contributed by atoms with Crippen LogP contribution < -0.4 is 5.32 Å². The van der Waals surface area contributed by atoms with Gasteiger partial charge in [-0.25, -0.2) is 0 Å². The molecule has 0 aliphatic heterocycles. The summed E-state index contributed by atoms with van der Waals surface area (Å²) in [6.07, 6.45) is 7.67. The summed E-state index contributed by atoms with van der Waals surface area (Å²) in [7, 11) is 0. The van der Waals surface area contributed by atoms with Gasteiger partial charge in [0.15, 0.2) is 0 Å². The van der Waals surface area contributed by atoms with Gasteiger partial charge in [-0.3, -0.25) is 4.98 Å². The minimum absolute atomic E-state index is 0.413. The molecule has 1 N–H and O–H groups in total. The molecule has 0 amide bonds. The van der Waals surface area contributed by atoms with Gasteiger partial charge in [-0.05, 0) is 44.0 Å². The molecule has 0 spiro atoms. The van der Waals surface area contributed by atoms with Crippen molar-refractivity contribution < 1.29 is 0 Å². The quantitative estimate of drug-likeness (QED) is 0.723. The highest BCUT2D eigenvalue weighted by Crippen LogP contribution is 2.15. The first kappa shape index (κ1) is 12.2. The molecule has 15 heavy (non-hydrogen) atoms. The van der Waals surface area contributed by atoms with Gasteiger partial charge >= 0.3 is 0 Å². The normalized spacial score (nSPS) is 12.7. The Labute approximate surface area is 93.1 Å². The van der Waals surface area contributed by atoms with E-state index in [2.05, 4.69) is 37.1 Å². The molecular weight excluding hydrogens is 184 g/mol. The monoisotopic (exact) mass is 206 g/mol. The molecule has 0 aromatic carbocycles. The van der Waals surface area contributed by atoms with Crippen LogP contribution in [0.5, 0.6) is 0 Å². The molecular formula is C13H22N2. The first-order valence-corrected chi connectivity index (χ1v) is 5.89. The molecule has 84 valence electrons. The number of nitrogens with one attached hydrogen (secondary N) is 1. The van der Waals surface area contributed by atoms with Crippen molar-refractivity contribution in [3.8, 4) is 0 Å². The van der Waals surface area contributed by atoms with Crippen molar-refractivity contribution in [2.45, 2.75) is 46.1 Å². The summed E-state index contributed by atoms with van der Waals surface area (Å²) in [5.74, 6) is 0. The highest BCUT2D eigenvalue weighted by atomic mass is 14.9. The maximum absolute atomic E-state index is 4.17. The average molecular weight is 206 g/mol. The van der Waals surface area contributed by atoms with Crippen LogP contribution in [0.1, 0.15) is 50.3 Å². The lowest BCUT2D eigenvalue weighted by atomic mass is 10.1. The predicted molar refractivity (Wildman–Crippen MR) is 64.9 cm³/mol. The van der Waals surface area contributed by atoms with E-state index in [0.717, 1.165) is 6.54 Å². The summed E-state index contributed by atoms with van der Waals surface area (Å²) in [6, 6.07) is 2.48. The lowest BCUT2D eigenvalue weighted by Gasteiger charge is -2.15. The summed E-state index contributed by atoms with van der Waals surface area (Å²) in [4.78, 5) is 4.17. The number of aryl methyl sites for hydroxylation is 1. The molecule has 0 aliphatic rings. The number of rotatable bonds is 6. The van der Waals surface area contributed by atoms with E-state index in [9.17, 15) is 0 Å². The number of hydrogen-bond donors (Lipinski definition) is 1. The van der Waals surface area contributed by atoms with Crippen LogP contribution in [0.25, 0.3) is 0 Å². The highest BCUT2D eigenvalue weighted by Gasteiger charge is 2.06. The second kappa shape index (κ2) is 6.57. The van der Waals surface area contributed by atoms with Crippen molar-refractivity contribution in [2.24, 2.45) is 0 Å². The van der Waals surface area contributed by atoms with Crippen molar-refractivity contribution in [1.82, 2.24) is 10.3 Å². The topological polar surface area (TPSA) is 24.9 Å². The second-order valence-electron chi connectivity index (χ2n) is 4.12. The van der Waals surface area contributed by atoms with E-state index in [1.807, 2.05) is 12.4 Å². The van der Waals surface area contributed by atoms with E-state index in [1.54, 1.807) is 0 Å². The van der Waals surface area contributed by atoms with Crippen LogP contribution in [-0.2, 0) is 0 Å². The Kier molecular flexibility index (Phi) is 5.33. The van der Waals surface area contributed by atoms with Crippen LogP contribution in [0.2, 0.25) is 0 Å². The molecule has 1 unspecified atom stereocenters. The molecule has 1 atom stereocenters. The van der Waals surface area contributed by atoms with Gasteiger partial charge in [-0.15, -0.1) is 0 Å². The Morgan fingerprint density at radius 3 is 2.87 bits per heavy atom. The standard InChI is InChI=1S/C13H22N2/c1-4-5-6-8-15-12(3)13-10-14-9-7-11(13)2/h7,9-10,12,15H,4-6,8H2,1-3H3. The van der Waals surface area contributed by atoms with Crippen molar-refractivity contribution in [3.63, 3.8) is 0 Å². The first-order chi connectivity index (χ1) is 7.25. The Morgan fingerprint density at radius 1 is 1.40 bits per heavy atom. The van der Waals surface area contributed by atoms with Crippen molar-refractivity contribution in [2.75, 3.05) is 6.54 Å². The van der Waals surface area contributed by atoms with Crippen LogP contribution in [0, 0.1) is 6.92 Å². The molecule has 0 saturated carbocycles. The van der Waals surface area contributed by atoms with E-state index >= 15 is 0 Å². The van der Waals surface area contributed by atoms with Crippen molar-refractivity contribution in [3.05, 3.63) is 29.6 Å². The van der Waals surface area contributed by atoms with E-state index in [4.69, 9.17) is 0 Å². The molecule has 2 heteroatoms. The summed E-state index contributed by atoms with van der Waals surface area (Å²) in [5, 5.41) is 3.53. The van der Waals surface area contributed by atoms with Crippen LogP contribution in [0.15, 0.2) is 18.5 Å². The minimum atomic E-state index is 0.413. The molecule has 1 aromatic rings.